The van der Waals surface area contributed by atoms with Crippen LogP contribution < -0.4 is 0 Å². The van der Waals surface area contributed by atoms with E-state index in [0.29, 0.717) is 0 Å². The van der Waals surface area contributed by atoms with Crippen LogP contribution in [0.1, 0.15) is 17.0 Å². The van der Waals surface area contributed by atoms with E-state index in [2.05, 4.69) is 43.9 Å². The number of hydrogen-bond donors (Lipinski definition) is 0. The van der Waals surface area contributed by atoms with Crippen LogP contribution >= 0.6 is 33.9 Å². The Bertz CT molecular complexity index is 785. The molecule has 0 radical (unpaired) electrons. The van der Waals surface area contributed by atoms with Gasteiger partial charge in [-0.05, 0) is 46.2 Å². The van der Waals surface area contributed by atoms with Crippen LogP contribution in [0.4, 0.5) is 0 Å². The number of aromatic nitrogens is 2. The molecule has 3 aromatic rings. The molecule has 112 valence electrons. The molecule has 22 heavy (non-hydrogen) atoms. The smallest absolute Gasteiger partial charge is 0.169 e. The fraction of sp³-hybridized carbons (Fsp3) is 0.250. The number of thiophene rings is 1. The summed E-state index contributed by atoms with van der Waals surface area (Å²) in [7, 11) is 0. The van der Waals surface area contributed by atoms with Gasteiger partial charge in [-0.3, -0.25) is 4.90 Å². The first-order chi connectivity index (χ1) is 10.8. The standard InChI is InChI=1S/C16H14IN3OS/c17-15-4-3-12(21-15)10-20-6-5-13-11(9-20)8-18-16(19-13)14-2-1-7-22-14/h1-4,7-8H,5-6,9-10H2. The number of halogens is 1. The van der Waals surface area contributed by atoms with Gasteiger partial charge in [0, 0.05) is 31.3 Å². The largest absolute Gasteiger partial charge is 0.454 e. The second kappa shape index (κ2) is 6.10. The summed E-state index contributed by atoms with van der Waals surface area (Å²) in [6.07, 6.45) is 2.95. The molecule has 0 aromatic carbocycles. The highest BCUT2D eigenvalue weighted by Crippen LogP contribution is 2.25. The van der Waals surface area contributed by atoms with E-state index >= 15 is 0 Å². The second-order valence-electron chi connectivity index (χ2n) is 5.31. The van der Waals surface area contributed by atoms with Crippen LogP contribution in [0.25, 0.3) is 10.7 Å². The van der Waals surface area contributed by atoms with Gasteiger partial charge >= 0.3 is 0 Å². The van der Waals surface area contributed by atoms with Gasteiger partial charge in [0.2, 0.25) is 0 Å². The molecule has 3 aromatic heterocycles. The molecule has 6 heteroatoms. The predicted octanol–water partition coefficient (Wildman–Crippen LogP) is 3.96. The number of nitrogens with zero attached hydrogens (tertiary/aromatic N) is 3. The average Bonchev–Trinajstić information content (AvgIpc) is 3.19. The lowest BCUT2D eigenvalue weighted by Crippen LogP contribution is -2.30. The minimum Gasteiger partial charge on any atom is -0.454 e. The van der Waals surface area contributed by atoms with Crippen molar-refractivity contribution in [2.75, 3.05) is 6.54 Å². The maximum absolute atomic E-state index is 5.66. The summed E-state index contributed by atoms with van der Waals surface area (Å²) in [6.45, 7) is 2.73. The molecule has 1 aliphatic rings. The van der Waals surface area contributed by atoms with E-state index in [0.717, 1.165) is 46.3 Å². The van der Waals surface area contributed by atoms with Crippen molar-refractivity contribution in [1.29, 1.82) is 0 Å². The van der Waals surface area contributed by atoms with E-state index in [1.165, 1.54) is 11.3 Å². The van der Waals surface area contributed by atoms with Crippen molar-refractivity contribution >= 4 is 33.9 Å². The van der Waals surface area contributed by atoms with Crippen molar-refractivity contribution < 1.29 is 4.42 Å². The van der Waals surface area contributed by atoms with Gasteiger partial charge in [0.25, 0.3) is 0 Å². The average molecular weight is 423 g/mol. The monoisotopic (exact) mass is 423 g/mol. The van der Waals surface area contributed by atoms with E-state index in [4.69, 9.17) is 9.40 Å². The highest BCUT2D eigenvalue weighted by Gasteiger charge is 2.20. The van der Waals surface area contributed by atoms with Crippen LogP contribution in [0.3, 0.4) is 0 Å². The van der Waals surface area contributed by atoms with Crippen molar-refractivity contribution in [1.82, 2.24) is 14.9 Å². The zero-order valence-corrected chi connectivity index (χ0v) is 14.8. The summed E-state index contributed by atoms with van der Waals surface area (Å²) < 4.78 is 6.60. The van der Waals surface area contributed by atoms with Gasteiger partial charge in [0.1, 0.15) is 5.76 Å². The van der Waals surface area contributed by atoms with E-state index in [9.17, 15) is 0 Å². The summed E-state index contributed by atoms with van der Waals surface area (Å²) in [5.74, 6) is 1.87. The fourth-order valence-corrected chi connectivity index (χ4v) is 3.82. The summed E-state index contributed by atoms with van der Waals surface area (Å²) in [5, 5.41) is 2.06. The first-order valence-corrected chi connectivity index (χ1v) is 9.09. The molecule has 0 atom stereocenters. The van der Waals surface area contributed by atoms with Crippen LogP contribution in [0.5, 0.6) is 0 Å². The summed E-state index contributed by atoms with van der Waals surface area (Å²) in [4.78, 5) is 12.8. The predicted molar refractivity (Wildman–Crippen MR) is 94.6 cm³/mol. The third-order valence-electron chi connectivity index (χ3n) is 3.76. The molecule has 4 rings (SSSR count). The lowest BCUT2D eigenvalue weighted by molar-refractivity contribution is 0.222. The van der Waals surface area contributed by atoms with E-state index in [1.807, 2.05) is 24.4 Å². The zero-order chi connectivity index (χ0) is 14.9. The Morgan fingerprint density at radius 2 is 2.27 bits per heavy atom. The fourth-order valence-electron chi connectivity index (χ4n) is 2.69. The number of rotatable bonds is 3. The lowest BCUT2D eigenvalue weighted by atomic mass is 10.1. The van der Waals surface area contributed by atoms with Crippen LogP contribution in [0.2, 0.25) is 0 Å². The van der Waals surface area contributed by atoms with Crippen molar-refractivity contribution in [3.8, 4) is 10.7 Å². The molecule has 0 saturated carbocycles. The van der Waals surface area contributed by atoms with Gasteiger partial charge in [0.15, 0.2) is 9.59 Å². The van der Waals surface area contributed by atoms with Gasteiger partial charge in [0.05, 0.1) is 17.1 Å². The molecule has 0 fully saturated rings. The van der Waals surface area contributed by atoms with E-state index in [1.54, 1.807) is 11.3 Å². The van der Waals surface area contributed by atoms with Crippen molar-refractivity contribution in [3.63, 3.8) is 0 Å². The SMILES string of the molecule is Ic1ccc(CN2CCc3nc(-c4cccs4)ncc3C2)o1. The van der Waals surface area contributed by atoms with Gasteiger partial charge in [-0.1, -0.05) is 6.07 Å². The van der Waals surface area contributed by atoms with Crippen molar-refractivity contribution in [2.24, 2.45) is 0 Å². The molecule has 0 bridgehead atoms. The van der Waals surface area contributed by atoms with Crippen LogP contribution in [0, 0.1) is 3.77 Å². The van der Waals surface area contributed by atoms with Gasteiger partial charge in [-0.2, -0.15) is 0 Å². The Hall–Kier alpha value is -1.25. The van der Waals surface area contributed by atoms with Crippen molar-refractivity contribution in [3.05, 3.63) is 56.6 Å². The molecule has 4 heterocycles. The molecule has 0 amide bonds. The molecule has 0 aliphatic carbocycles. The Morgan fingerprint density at radius 3 is 3.05 bits per heavy atom. The highest BCUT2D eigenvalue weighted by molar-refractivity contribution is 14.1. The Balaban J connectivity index is 1.52. The maximum atomic E-state index is 5.66. The molecule has 0 saturated heterocycles. The van der Waals surface area contributed by atoms with Crippen LogP contribution in [0.15, 0.2) is 40.3 Å². The Labute approximate surface area is 146 Å². The zero-order valence-electron chi connectivity index (χ0n) is 11.8. The number of furan rings is 1. The molecular weight excluding hydrogens is 409 g/mol. The summed E-state index contributed by atoms with van der Waals surface area (Å²) in [6, 6.07) is 8.16. The molecule has 4 nitrogen and oxygen atoms in total. The third kappa shape index (κ3) is 2.95. The van der Waals surface area contributed by atoms with Gasteiger partial charge in [-0.15, -0.1) is 11.3 Å². The first-order valence-electron chi connectivity index (χ1n) is 7.13. The maximum Gasteiger partial charge on any atom is 0.169 e. The minimum atomic E-state index is 0.842. The molecular formula is C16H14IN3OS. The number of hydrogen-bond acceptors (Lipinski definition) is 5. The summed E-state index contributed by atoms with van der Waals surface area (Å²) >= 11 is 3.88. The van der Waals surface area contributed by atoms with Crippen LogP contribution in [-0.2, 0) is 19.5 Å². The van der Waals surface area contributed by atoms with E-state index < -0.39 is 0 Å². The molecule has 1 aliphatic heterocycles. The quantitative estimate of drug-likeness (QED) is 0.599. The Morgan fingerprint density at radius 1 is 1.32 bits per heavy atom. The van der Waals surface area contributed by atoms with Gasteiger partial charge in [-0.25, -0.2) is 9.97 Å². The highest BCUT2D eigenvalue weighted by atomic mass is 127. The lowest BCUT2D eigenvalue weighted by Gasteiger charge is -2.27. The normalized spacial score (nSPS) is 15.0. The molecule has 0 N–H and O–H groups in total. The van der Waals surface area contributed by atoms with Crippen LogP contribution in [-0.4, -0.2) is 21.4 Å². The topological polar surface area (TPSA) is 42.2 Å². The summed E-state index contributed by atoms with van der Waals surface area (Å²) in [5.41, 5.74) is 2.41. The third-order valence-corrected chi connectivity index (χ3v) is 5.21. The molecule has 0 spiro atoms. The van der Waals surface area contributed by atoms with Gasteiger partial charge < -0.3 is 4.42 Å². The Kier molecular flexibility index (Phi) is 3.98. The minimum absolute atomic E-state index is 0.842. The van der Waals surface area contributed by atoms with E-state index in [-0.39, 0.29) is 0 Å². The van der Waals surface area contributed by atoms with Crippen molar-refractivity contribution in [2.45, 2.75) is 19.5 Å². The first kappa shape index (κ1) is 14.3. The number of fused-ring (bicyclic) bond motifs is 1. The molecule has 0 unspecified atom stereocenters. The second-order valence-corrected chi connectivity index (χ2v) is 7.32.